The highest BCUT2D eigenvalue weighted by Gasteiger charge is 2.30. The van der Waals surface area contributed by atoms with Gasteiger partial charge in [-0.05, 0) is 66.9 Å². The smallest absolute Gasteiger partial charge is 0.350 e. The second-order valence-electron chi connectivity index (χ2n) is 7.57. The number of carbonyl (C=O) groups excluding carboxylic acids is 1. The number of anilines is 1. The van der Waals surface area contributed by atoms with Crippen LogP contribution in [0.1, 0.15) is 22.3 Å². The summed E-state index contributed by atoms with van der Waals surface area (Å²) in [4.78, 5) is 12.7. The largest absolute Gasteiger partial charge is 0.416 e. The molecule has 0 saturated heterocycles. The minimum Gasteiger partial charge on any atom is -0.350 e. The number of sulfonamides is 1. The van der Waals surface area contributed by atoms with E-state index in [1.54, 1.807) is 36.4 Å². The fourth-order valence-electron chi connectivity index (χ4n) is 3.16. The molecule has 5 nitrogen and oxygen atoms in total. The van der Waals surface area contributed by atoms with Crippen LogP contribution < -0.4 is 9.62 Å². The van der Waals surface area contributed by atoms with Gasteiger partial charge in [0.25, 0.3) is 10.0 Å². The van der Waals surface area contributed by atoms with E-state index in [1.165, 1.54) is 24.3 Å². The highest BCUT2D eigenvalue weighted by Crippen LogP contribution is 2.29. The van der Waals surface area contributed by atoms with Crippen LogP contribution >= 0.6 is 0 Å². The fourth-order valence-corrected chi connectivity index (χ4v) is 4.59. The third kappa shape index (κ3) is 5.92. The first kappa shape index (κ1) is 24.3. The molecule has 0 spiro atoms. The summed E-state index contributed by atoms with van der Waals surface area (Å²) in [6.07, 6.45) is -4.50. The lowest BCUT2D eigenvalue weighted by Crippen LogP contribution is -2.40. The maximum atomic E-state index is 13.3. The summed E-state index contributed by atoms with van der Waals surface area (Å²) >= 11 is 0. The summed E-state index contributed by atoms with van der Waals surface area (Å²) in [6, 6.07) is 17.4. The Hall–Kier alpha value is -3.33. The van der Waals surface area contributed by atoms with E-state index >= 15 is 0 Å². The predicted molar refractivity (Wildman–Crippen MR) is 120 cm³/mol. The molecular formula is C24H23F3N2O3S. The minimum atomic E-state index is -4.50. The van der Waals surface area contributed by atoms with Crippen molar-refractivity contribution in [3.8, 4) is 0 Å². The Kier molecular flexibility index (Phi) is 7.12. The van der Waals surface area contributed by atoms with Crippen LogP contribution in [-0.4, -0.2) is 20.9 Å². The van der Waals surface area contributed by atoms with Gasteiger partial charge in [-0.3, -0.25) is 9.10 Å². The lowest BCUT2D eigenvalue weighted by atomic mass is 10.1. The molecule has 0 aliphatic heterocycles. The van der Waals surface area contributed by atoms with Crippen molar-refractivity contribution < 1.29 is 26.4 Å². The standard InChI is InChI=1S/C24H23F3N2O3S/c1-17-11-12-21(13-18(17)2)29(33(31,32)22-9-4-3-5-10-22)16-23(30)28-15-19-7-6-8-20(14-19)24(25,26)27/h3-14H,15-16H2,1-2H3,(H,28,30). The Labute approximate surface area is 190 Å². The molecule has 1 N–H and O–H groups in total. The molecule has 3 rings (SSSR count). The minimum absolute atomic E-state index is 0.0221. The molecule has 0 saturated carbocycles. The molecule has 0 unspecified atom stereocenters. The van der Waals surface area contributed by atoms with Crippen LogP contribution in [0.4, 0.5) is 18.9 Å². The summed E-state index contributed by atoms with van der Waals surface area (Å²) in [5.74, 6) is -0.648. The molecule has 174 valence electrons. The first-order valence-corrected chi connectivity index (χ1v) is 11.5. The Bertz CT molecular complexity index is 1240. The van der Waals surface area contributed by atoms with Crippen LogP contribution in [0.5, 0.6) is 0 Å². The molecule has 0 radical (unpaired) electrons. The van der Waals surface area contributed by atoms with Crippen molar-refractivity contribution in [3.63, 3.8) is 0 Å². The zero-order chi connectivity index (χ0) is 24.2. The summed E-state index contributed by atoms with van der Waals surface area (Å²) in [7, 11) is -4.06. The number of carbonyl (C=O) groups is 1. The van der Waals surface area contributed by atoms with E-state index in [9.17, 15) is 26.4 Å². The molecule has 33 heavy (non-hydrogen) atoms. The molecule has 0 heterocycles. The Morgan fingerprint density at radius 1 is 0.909 bits per heavy atom. The quantitative estimate of drug-likeness (QED) is 0.531. The molecule has 0 bridgehead atoms. The molecule has 0 atom stereocenters. The van der Waals surface area contributed by atoms with Crippen LogP contribution in [0.25, 0.3) is 0 Å². The lowest BCUT2D eigenvalue weighted by Gasteiger charge is -2.25. The SMILES string of the molecule is Cc1ccc(N(CC(=O)NCc2cccc(C(F)(F)F)c2)S(=O)(=O)c2ccccc2)cc1C. The van der Waals surface area contributed by atoms with Crippen LogP contribution in [-0.2, 0) is 27.5 Å². The number of hydrogen-bond acceptors (Lipinski definition) is 3. The van der Waals surface area contributed by atoms with E-state index in [2.05, 4.69) is 5.32 Å². The van der Waals surface area contributed by atoms with E-state index in [-0.39, 0.29) is 17.0 Å². The van der Waals surface area contributed by atoms with E-state index in [4.69, 9.17) is 0 Å². The van der Waals surface area contributed by atoms with E-state index in [1.807, 2.05) is 13.8 Å². The highest BCUT2D eigenvalue weighted by molar-refractivity contribution is 7.92. The van der Waals surface area contributed by atoms with Gasteiger partial charge in [-0.1, -0.05) is 36.4 Å². The van der Waals surface area contributed by atoms with Crippen molar-refractivity contribution in [1.29, 1.82) is 0 Å². The van der Waals surface area contributed by atoms with Crippen molar-refractivity contribution in [1.82, 2.24) is 5.32 Å². The second kappa shape index (κ2) is 9.66. The number of nitrogens with zero attached hydrogens (tertiary/aromatic N) is 1. The highest BCUT2D eigenvalue weighted by atomic mass is 32.2. The third-order valence-electron chi connectivity index (χ3n) is 5.14. The molecule has 0 aliphatic rings. The van der Waals surface area contributed by atoms with Gasteiger partial charge < -0.3 is 5.32 Å². The first-order chi connectivity index (χ1) is 15.5. The van der Waals surface area contributed by atoms with E-state index in [0.29, 0.717) is 5.69 Å². The first-order valence-electron chi connectivity index (χ1n) is 10.1. The molecule has 9 heteroatoms. The van der Waals surface area contributed by atoms with Crippen molar-refractivity contribution in [2.24, 2.45) is 0 Å². The average Bonchev–Trinajstić information content (AvgIpc) is 2.78. The molecule has 1 amide bonds. The summed E-state index contributed by atoms with van der Waals surface area (Å²) in [5.41, 5.74) is 1.56. The number of benzene rings is 3. The van der Waals surface area contributed by atoms with Gasteiger partial charge in [-0.2, -0.15) is 13.2 Å². The molecule has 3 aromatic carbocycles. The summed E-state index contributed by atoms with van der Waals surface area (Å²) < 4.78 is 66.4. The van der Waals surface area contributed by atoms with Gasteiger partial charge in [0.2, 0.25) is 5.91 Å². The monoisotopic (exact) mass is 476 g/mol. The molecule has 3 aromatic rings. The number of alkyl halides is 3. The van der Waals surface area contributed by atoms with E-state index in [0.717, 1.165) is 27.6 Å². The van der Waals surface area contributed by atoms with E-state index < -0.39 is 34.2 Å². The van der Waals surface area contributed by atoms with Crippen molar-refractivity contribution >= 4 is 21.6 Å². The van der Waals surface area contributed by atoms with Gasteiger partial charge in [0.1, 0.15) is 6.54 Å². The van der Waals surface area contributed by atoms with Crippen LogP contribution in [0.15, 0.2) is 77.7 Å². The zero-order valence-corrected chi connectivity index (χ0v) is 18.9. The number of aryl methyl sites for hydroxylation is 2. The molecule has 0 aliphatic carbocycles. The van der Waals surface area contributed by atoms with Crippen molar-refractivity contribution in [2.75, 3.05) is 10.8 Å². The fraction of sp³-hybridized carbons (Fsp3) is 0.208. The summed E-state index contributed by atoms with van der Waals surface area (Å²) in [5, 5.41) is 2.52. The number of hydrogen-bond donors (Lipinski definition) is 1. The maximum absolute atomic E-state index is 13.3. The van der Waals surface area contributed by atoms with Crippen molar-refractivity contribution in [3.05, 3.63) is 95.1 Å². The molecular weight excluding hydrogens is 453 g/mol. The Morgan fingerprint density at radius 3 is 2.24 bits per heavy atom. The maximum Gasteiger partial charge on any atom is 0.416 e. The summed E-state index contributed by atoms with van der Waals surface area (Å²) in [6.45, 7) is 3.02. The number of halogens is 3. The topological polar surface area (TPSA) is 66.5 Å². The van der Waals surface area contributed by atoms with Crippen LogP contribution in [0.3, 0.4) is 0 Å². The average molecular weight is 477 g/mol. The van der Waals surface area contributed by atoms with Crippen LogP contribution in [0.2, 0.25) is 0 Å². The normalized spacial score (nSPS) is 11.8. The number of nitrogens with one attached hydrogen (secondary N) is 1. The molecule has 0 fully saturated rings. The number of rotatable bonds is 7. The molecule has 0 aromatic heterocycles. The van der Waals surface area contributed by atoms with Gasteiger partial charge in [0, 0.05) is 6.54 Å². The number of amides is 1. The second-order valence-corrected chi connectivity index (χ2v) is 9.43. The predicted octanol–water partition coefficient (Wildman–Crippen LogP) is 4.83. The Morgan fingerprint density at radius 2 is 1.61 bits per heavy atom. The van der Waals surface area contributed by atoms with Gasteiger partial charge in [0.15, 0.2) is 0 Å². The Balaban J connectivity index is 1.84. The van der Waals surface area contributed by atoms with Gasteiger partial charge in [0.05, 0.1) is 16.1 Å². The van der Waals surface area contributed by atoms with Gasteiger partial charge in [-0.15, -0.1) is 0 Å². The van der Waals surface area contributed by atoms with Gasteiger partial charge >= 0.3 is 6.18 Å². The third-order valence-corrected chi connectivity index (χ3v) is 6.93. The van der Waals surface area contributed by atoms with Gasteiger partial charge in [-0.25, -0.2) is 8.42 Å². The zero-order valence-electron chi connectivity index (χ0n) is 18.1. The van der Waals surface area contributed by atoms with Crippen molar-refractivity contribution in [2.45, 2.75) is 31.5 Å². The van der Waals surface area contributed by atoms with Crippen LogP contribution in [0, 0.1) is 13.8 Å². The lowest BCUT2D eigenvalue weighted by molar-refractivity contribution is -0.137.